The molecule has 0 fully saturated rings. The zero-order chi connectivity index (χ0) is 19.1. The number of aliphatic imine (C=N–C) groups is 2. The lowest BCUT2D eigenvalue weighted by molar-refractivity contribution is 0.415. The molecular weight excluding hydrogens is 356 g/mol. The van der Waals surface area contributed by atoms with Crippen LogP contribution in [0.2, 0.25) is 0 Å². The summed E-state index contributed by atoms with van der Waals surface area (Å²) in [6, 6.07) is 16.7. The Hall–Kier alpha value is -2.60. The Morgan fingerprint density at radius 1 is 0.963 bits per heavy atom. The number of methoxy groups -OCH3 is 1. The molecule has 2 aromatic carbocycles. The van der Waals surface area contributed by atoms with Crippen LogP contribution in [0.25, 0.3) is 0 Å². The summed E-state index contributed by atoms with van der Waals surface area (Å²) in [6.07, 6.45) is 0. The van der Waals surface area contributed by atoms with Crippen molar-refractivity contribution in [2.45, 2.75) is 20.8 Å². The number of hydrogen-bond acceptors (Lipinski definition) is 5. The van der Waals surface area contributed by atoms with E-state index in [0.717, 1.165) is 33.8 Å². The first-order valence-electron chi connectivity index (χ1n) is 9.03. The largest absolute Gasteiger partial charge is 0.497 e. The van der Waals surface area contributed by atoms with Crippen molar-refractivity contribution < 1.29 is 4.74 Å². The Morgan fingerprint density at radius 3 is 2.22 bits per heavy atom. The highest BCUT2D eigenvalue weighted by atomic mass is 32.2. The normalized spacial score (nSPS) is 18.7. The standard InChI is InChI=1S/C21H24N4OS/c1-14(2)19-22-21-23-20(16-8-12-18(26-5)13-9-16)24(4)27(21)25(19)17-10-6-15(3)7-11-17/h6-14H,1-5H3. The highest BCUT2D eigenvalue weighted by Crippen LogP contribution is 2.42. The third-order valence-electron chi connectivity index (χ3n) is 4.65. The van der Waals surface area contributed by atoms with Crippen LogP contribution in [0.4, 0.5) is 5.69 Å². The molecule has 6 heteroatoms. The molecule has 0 aromatic heterocycles. The van der Waals surface area contributed by atoms with Crippen molar-refractivity contribution in [2.75, 3.05) is 18.5 Å². The van der Waals surface area contributed by atoms with Crippen LogP contribution in [0.3, 0.4) is 0 Å². The molecule has 5 nitrogen and oxygen atoms in total. The van der Waals surface area contributed by atoms with Gasteiger partial charge in [0.25, 0.3) is 0 Å². The lowest BCUT2D eigenvalue weighted by Gasteiger charge is -2.31. The van der Waals surface area contributed by atoms with Gasteiger partial charge in [0.05, 0.1) is 23.7 Å². The fourth-order valence-corrected chi connectivity index (χ4v) is 5.23. The predicted octanol–water partition coefficient (Wildman–Crippen LogP) is 4.46. The lowest BCUT2D eigenvalue weighted by atomic mass is 10.1. The highest BCUT2D eigenvalue weighted by Gasteiger charge is 2.37. The maximum atomic E-state index is 5.27. The lowest BCUT2D eigenvalue weighted by Crippen LogP contribution is -2.33. The van der Waals surface area contributed by atoms with Crippen molar-refractivity contribution in [1.82, 2.24) is 4.31 Å². The smallest absolute Gasteiger partial charge is 0.221 e. The summed E-state index contributed by atoms with van der Waals surface area (Å²) in [5, 5.41) is 0.882. The SMILES string of the molecule is COc1ccc(C2=NC3=S(N2C)N(c2ccc(C)cc2)C(C(C)C)=N3)cc1. The molecule has 4 rings (SSSR count). The third kappa shape index (κ3) is 3.04. The van der Waals surface area contributed by atoms with E-state index in [2.05, 4.69) is 60.7 Å². The molecule has 0 spiro atoms. The fraction of sp³-hybridized carbons (Fsp3) is 0.286. The highest BCUT2D eigenvalue weighted by molar-refractivity contribution is 8.16. The summed E-state index contributed by atoms with van der Waals surface area (Å²) in [5.74, 6) is 3.18. The molecule has 0 aliphatic carbocycles. The number of aryl methyl sites for hydroxylation is 1. The summed E-state index contributed by atoms with van der Waals surface area (Å²) in [4.78, 5) is 9.79. The molecule has 2 aromatic rings. The summed E-state index contributed by atoms with van der Waals surface area (Å²) in [6.45, 7) is 6.47. The van der Waals surface area contributed by atoms with Crippen LogP contribution < -0.4 is 9.04 Å². The van der Waals surface area contributed by atoms with Gasteiger partial charge in [-0.25, -0.2) is 9.98 Å². The Balaban J connectivity index is 1.73. The molecule has 0 bridgehead atoms. The second-order valence-corrected chi connectivity index (χ2v) is 8.77. The van der Waals surface area contributed by atoms with E-state index >= 15 is 0 Å². The molecule has 2 aliphatic heterocycles. The van der Waals surface area contributed by atoms with E-state index < -0.39 is 0 Å². The van der Waals surface area contributed by atoms with Gasteiger partial charge < -0.3 is 4.74 Å². The van der Waals surface area contributed by atoms with Crippen LogP contribution in [0.5, 0.6) is 5.75 Å². The monoisotopic (exact) mass is 380 g/mol. The zero-order valence-electron chi connectivity index (χ0n) is 16.3. The van der Waals surface area contributed by atoms with Gasteiger partial charge in [-0.1, -0.05) is 31.5 Å². The number of nitrogens with zero attached hydrogens (tertiary/aromatic N) is 4. The molecule has 0 saturated heterocycles. The Bertz CT molecular complexity index is 959. The molecule has 0 amide bonds. The molecule has 27 heavy (non-hydrogen) atoms. The average molecular weight is 381 g/mol. The van der Waals surface area contributed by atoms with Crippen molar-refractivity contribution in [3.63, 3.8) is 0 Å². The van der Waals surface area contributed by atoms with Gasteiger partial charge in [0.1, 0.15) is 17.4 Å². The summed E-state index contributed by atoms with van der Waals surface area (Å²) in [7, 11) is 3.42. The molecule has 0 N–H and O–H groups in total. The van der Waals surface area contributed by atoms with Gasteiger partial charge in [-0.05, 0) is 43.3 Å². The molecule has 1 atom stereocenters. The number of anilines is 1. The van der Waals surface area contributed by atoms with Gasteiger partial charge in [-0.3, -0.25) is 8.61 Å². The molecule has 0 radical (unpaired) electrons. The number of amidine groups is 2. The van der Waals surface area contributed by atoms with Gasteiger partial charge in [-0.15, -0.1) is 0 Å². The zero-order valence-corrected chi connectivity index (χ0v) is 17.1. The van der Waals surface area contributed by atoms with Crippen molar-refractivity contribution >= 4 is 33.3 Å². The first kappa shape index (κ1) is 17.8. The summed E-state index contributed by atoms with van der Waals surface area (Å²) < 4.78 is 9.84. The predicted molar refractivity (Wildman–Crippen MR) is 116 cm³/mol. The van der Waals surface area contributed by atoms with Crippen molar-refractivity contribution in [3.05, 3.63) is 59.7 Å². The number of benzene rings is 2. The van der Waals surface area contributed by atoms with Crippen LogP contribution in [0.1, 0.15) is 25.0 Å². The van der Waals surface area contributed by atoms with Crippen LogP contribution in [-0.4, -0.2) is 35.2 Å². The first-order valence-corrected chi connectivity index (χ1v) is 10.2. The minimum Gasteiger partial charge on any atom is -0.497 e. The van der Waals surface area contributed by atoms with Crippen LogP contribution in [0, 0.1) is 12.8 Å². The first-order chi connectivity index (χ1) is 13.0. The minimum atomic E-state index is -0.352. The Morgan fingerprint density at radius 2 is 1.63 bits per heavy atom. The van der Waals surface area contributed by atoms with Gasteiger partial charge in [0.15, 0.2) is 0 Å². The molecule has 2 heterocycles. The third-order valence-corrected chi connectivity index (χ3v) is 6.59. The van der Waals surface area contributed by atoms with E-state index in [-0.39, 0.29) is 10.9 Å². The maximum Gasteiger partial charge on any atom is 0.221 e. The van der Waals surface area contributed by atoms with E-state index in [4.69, 9.17) is 14.7 Å². The molecule has 2 aliphatic rings. The van der Waals surface area contributed by atoms with Gasteiger partial charge in [0, 0.05) is 18.5 Å². The van der Waals surface area contributed by atoms with E-state index in [1.165, 1.54) is 5.56 Å². The van der Waals surface area contributed by atoms with Crippen LogP contribution >= 0.6 is 10.9 Å². The van der Waals surface area contributed by atoms with Crippen molar-refractivity contribution in [2.24, 2.45) is 15.9 Å². The van der Waals surface area contributed by atoms with Gasteiger partial charge in [-0.2, -0.15) is 0 Å². The molecule has 140 valence electrons. The maximum absolute atomic E-state index is 5.27. The number of ether oxygens (including phenoxy) is 1. The van der Waals surface area contributed by atoms with E-state index in [0.29, 0.717) is 5.92 Å². The van der Waals surface area contributed by atoms with Gasteiger partial charge >= 0.3 is 0 Å². The summed E-state index contributed by atoms with van der Waals surface area (Å²) in [5.41, 5.74) is 3.48. The molecule has 0 saturated carbocycles. The minimum absolute atomic E-state index is 0.324. The van der Waals surface area contributed by atoms with Crippen molar-refractivity contribution in [3.8, 4) is 5.75 Å². The molecular formula is C21H24N4OS. The van der Waals surface area contributed by atoms with Crippen LogP contribution in [-0.2, 0) is 0 Å². The second kappa shape index (κ2) is 6.85. The fourth-order valence-electron chi connectivity index (χ4n) is 3.17. The number of hydrogen-bond donors (Lipinski definition) is 0. The van der Waals surface area contributed by atoms with Crippen LogP contribution in [0.15, 0.2) is 58.5 Å². The van der Waals surface area contributed by atoms with Crippen molar-refractivity contribution in [1.29, 1.82) is 0 Å². The molecule has 1 unspecified atom stereocenters. The Kier molecular flexibility index (Phi) is 4.52. The number of rotatable bonds is 4. The van der Waals surface area contributed by atoms with E-state index in [1.54, 1.807) is 7.11 Å². The van der Waals surface area contributed by atoms with Gasteiger partial charge in [0.2, 0.25) is 5.11 Å². The Labute approximate surface area is 163 Å². The summed E-state index contributed by atoms with van der Waals surface area (Å²) >= 11 is 0. The average Bonchev–Trinajstić information content (AvgIpc) is 3.20. The van der Waals surface area contributed by atoms with E-state index in [9.17, 15) is 0 Å². The van der Waals surface area contributed by atoms with E-state index in [1.807, 2.05) is 24.3 Å². The topological polar surface area (TPSA) is 40.4 Å². The quantitative estimate of drug-likeness (QED) is 0.736. The second-order valence-electron chi connectivity index (χ2n) is 6.96.